The van der Waals surface area contributed by atoms with Gasteiger partial charge in [-0.3, -0.25) is 9.69 Å². The van der Waals surface area contributed by atoms with Crippen molar-refractivity contribution in [2.24, 2.45) is 0 Å². The maximum absolute atomic E-state index is 12.5. The van der Waals surface area contributed by atoms with Crippen LogP contribution < -0.4 is 14.8 Å². The second-order valence-electron chi connectivity index (χ2n) is 5.83. The molecule has 1 aromatic heterocycles. The van der Waals surface area contributed by atoms with Crippen LogP contribution in [0.1, 0.15) is 24.4 Å². The van der Waals surface area contributed by atoms with Crippen LogP contribution in [0.2, 0.25) is 0 Å². The van der Waals surface area contributed by atoms with Gasteiger partial charge in [-0.05, 0) is 41.8 Å². The summed E-state index contributed by atoms with van der Waals surface area (Å²) in [5, 5.41) is 7.21. The minimum Gasteiger partial charge on any atom is -0.497 e. The highest BCUT2D eigenvalue weighted by Crippen LogP contribution is 2.33. The molecular weight excluding hydrogens is 324 g/mol. The quantitative estimate of drug-likeness (QED) is 0.869. The summed E-state index contributed by atoms with van der Waals surface area (Å²) in [6.45, 7) is 1.34. The Morgan fingerprint density at radius 3 is 2.67 bits per heavy atom. The molecule has 24 heavy (non-hydrogen) atoms. The molecule has 0 radical (unpaired) electrons. The van der Waals surface area contributed by atoms with Crippen LogP contribution in [0.15, 0.2) is 35.0 Å². The fourth-order valence-electron chi connectivity index (χ4n) is 3.12. The van der Waals surface area contributed by atoms with Gasteiger partial charge < -0.3 is 14.8 Å². The van der Waals surface area contributed by atoms with Crippen molar-refractivity contribution in [1.82, 2.24) is 4.90 Å². The number of nitrogens with zero attached hydrogens (tertiary/aromatic N) is 1. The lowest BCUT2D eigenvalue weighted by Crippen LogP contribution is -2.32. The number of rotatable bonds is 6. The second-order valence-corrected chi connectivity index (χ2v) is 6.61. The molecule has 128 valence electrons. The number of carbonyl (C=O) groups excluding carboxylic acids is 1. The highest BCUT2D eigenvalue weighted by molar-refractivity contribution is 7.07. The van der Waals surface area contributed by atoms with Crippen molar-refractivity contribution in [3.8, 4) is 11.5 Å². The fourth-order valence-corrected chi connectivity index (χ4v) is 3.83. The molecule has 1 aromatic carbocycles. The highest BCUT2D eigenvalue weighted by Gasteiger charge is 2.27. The lowest BCUT2D eigenvalue weighted by molar-refractivity contribution is -0.117. The van der Waals surface area contributed by atoms with E-state index in [4.69, 9.17) is 9.47 Å². The molecule has 5 nitrogen and oxygen atoms in total. The molecule has 0 saturated carbocycles. The predicted octanol–water partition coefficient (Wildman–Crippen LogP) is 3.54. The Kier molecular flexibility index (Phi) is 5.37. The number of amides is 1. The average molecular weight is 346 g/mol. The molecule has 1 amide bonds. The van der Waals surface area contributed by atoms with Gasteiger partial charge in [-0.25, -0.2) is 0 Å². The predicted molar refractivity (Wildman–Crippen MR) is 96.0 cm³/mol. The molecule has 3 rings (SSSR count). The van der Waals surface area contributed by atoms with Crippen LogP contribution in [0, 0.1) is 0 Å². The van der Waals surface area contributed by atoms with Crippen LogP contribution in [0.25, 0.3) is 0 Å². The van der Waals surface area contributed by atoms with Gasteiger partial charge in [0.25, 0.3) is 0 Å². The molecule has 0 spiro atoms. The molecule has 1 aliphatic heterocycles. The molecule has 1 atom stereocenters. The third kappa shape index (κ3) is 3.88. The first kappa shape index (κ1) is 16.8. The van der Waals surface area contributed by atoms with Crippen molar-refractivity contribution in [2.75, 3.05) is 32.6 Å². The maximum atomic E-state index is 12.5. The van der Waals surface area contributed by atoms with Crippen molar-refractivity contribution < 1.29 is 14.3 Å². The standard InChI is InChI=1S/C18H22N2O3S/c1-22-15-8-14(9-16(10-15)23-2)19-18(21)11-20-6-3-4-17(20)13-5-7-24-12-13/h5,7-10,12,17H,3-4,6,11H2,1-2H3,(H,19,21)/t17-/m1/s1. The number of hydrogen-bond donors (Lipinski definition) is 1. The van der Waals surface area contributed by atoms with Gasteiger partial charge in [0.15, 0.2) is 0 Å². The molecule has 1 saturated heterocycles. The summed E-state index contributed by atoms with van der Waals surface area (Å²) in [5.41, 5.74) is 2.00. The Hall–Kier alpha value is -2.05. The van der Waals surface area contributed by atoms with Crippen LogP contribution in [0.3, 0.4) is 0 Å². The largest absolute Gasteiger partial charge is 0.497 e. The molecule has 0 unspecified atom stereocenters. The third-order valence-electron chi connectivity index (χ3n) is 4.27. The summed E-state index contributed by atoms with van der Waals surface area (Å²) in [4.78, 5) is 14.7. The van der Waals surface area contributed by atoms with E-state index < -0.39 is 0 Å². The highest BCUT2D eigenvalue weighted by atomic mass is 32.1. The Morgan fingerprint density at radius 2 is 2.04 bits per heavy atom. The minimum absolute atomic E-state index is 0.0209. The molecule has 1 N–H and O–H groups in total. The number of benzene rings is 1. The second kappa shape index (κ2) is 7.68. The Morgan fingerprint density at radius 1 is 1.29 bits per heavy atom. The number of anilines is 1. The number of carbonyl (C=O) groups is 1. The first-order valence-corrected chi connectivity index (χ1v) is 8.93. The zero-order chi connectivity index (χ0) is 16.9. The summed E-state index contributed by atoms with van der Waals surface area (Å²) in [6.07, 6.45) is 2.23. The van der Waals surface area contributed by atoms with E-state index in [1.54, 1.807) is 43.8 Å². The van der Waals surface area contributed by atoms with Crippen molar-refractivity contribution in [3.63, 3.8) is 0 Å². The van der Waals surface area contributed by atoms with Crippen LogP contribution in [-0.2, 0) is 4.79 Å². The summed E-state index contributed by atoms with van der Waals surface area (Å²) >= 11 is 1.70. The third-order valence-corrected chi connectivity index (χ3v) is 4.97. The lowest BCUT2D eigenvalue weighted by atomic mass is 10.1. The molecular formula is C18H22N2O3S. The topological polar surface area (TPSA) is 50.8 Å². The van der Waals surface area contributed by atoms with Crippen LogP contribution in [0.4, 0.5) is 5.69 Å². The smallest absolute Gasteiger partial charge is 0.238 e. The van der Waals surface area contributed by atoms with Gasteiger partial charge in [0, 0.05) is 29.9 Å². The number of likely N-dealkylation sites (tertiary alicyclic amines) is 1. The molecule has 0 bridgehead atoms. The van der Waals surface area contributed by atoms with Gasteiger partial charge in [0.1, 0.15) is 11.5 Å². The number of methoxy groups -OCH3 is 2. The molecule has 0 aliphatic carbocycles. The maximum Gasteiger partial charge on any atom is 0.238 e. The number of hydrogen-bond acceptors (Lipinski definition) is 5. The van der Waals surface area contributed by atoms with Gasteiger partial charge in [-0.2, -0.15) is 11.3 Å². The lowest BCUT2D eigenvalue weighted by Gasteiger charge is -2.23. The van der Waals surface area contributed by atoms with Crippen molar-refractivity contribution in [1.29, 1.82) is 0 Å². The molecule has 6 heteroatoms. The van der Waals surface area contributed by atoms with E-state index >= 15 is 0 Å². The number of nitrogens with one attached hydrogen (secondary N) is 1. The van der Waals surface area contributed by atoms with Gasteiger partial charge in [-0.1, -0.05) is 0 Å². The monoisotopic (exact) mass is 346 g/mol. The fraction of sp³-hybridized carbons (Fsp3) is 0.389. The van der Waals surface area contributed by atoms with E-state index in [9.17, 15) is 4.79 Å². The number of thiophene rings is 1. The summed E-state index contributed by atoms with van der Waals surface area (Å²) in [5.74, 6) is 1.29. The van der Waals surface area contributed by atoms with Crippen LogP contribution in [-0.4, -0.2) is 38.1 Å². The van der Waals surface area contributed by atoms with Gasteiger partial charge in [-0.15, -0.1) is 0 Å². The zero-order valence-corrected chi connectivity index (χ0v) is 14.8. The summed E-state index contributed by atoms with van der Waals surface area (Å²) < 4.78 is 10.5. The average Bonchev–Trinajstić information content (AvgIpc) is 3.25. The van der Waals surface area contributed by atoms with E-state index in [0.29, 0.717) is 29.8 Å². The Bertz CT molecular complexity index is 665. The van der Waals surface area contributed by atoms with Crippen LogP contribution >= 0.6 is 11.3 Å². The van der Waals surface area contributed by atoms with E-state index in [1.165, 1.54) is 5.56 Å². The number of ether oxygens (including phenoxy) is 2. The zero-order valence-electron chi connectivity index (χ0n) is 14.0. The van der Waals surface area contributed by atoms with Gasteiger partial charge in [0.05, 0.1) is 20.8 Å². The van der Waals surface area contributed by atoms with Crippen molar-refractivity contribution in [2.45, 2.75) is 18.9 Å². The molecule has 2 heterocycles. The van der Waals surface area contributed by atoms with E-state index in [0.717, 1.165) is 19.4 Å². The first-order valence-electron chi connectivity index (χ1n) is 7.98. The van der Waals surface area contributed by atoms with Crippen molar-refractivity contribution >= 4 is 22.9 Å². The van der Waals surface area contributed by atoms with E-state index in [1.807, 2.05) is 0 Å². The van der Waals surface area contributed by atoms with Crippen LogP contribution in [0.5, 0.6) is 11.5 Å². The minimum atomic E-state index is -0.0209. The Labute approximate surface area is 146 Å². The molecule has 1 aliphatic rings. The normalized spacial score (nSPS) is 17.7. The first-order chi connectivity index (χ1) is 11.7. The van der Waals surface area contributed by atoms with Gasteiger partial charge in [0.2, 0.25) is 5.91 Å². The van der Waals surface area contributed by atoms with E-state index in [2.05, 4.69) is 27.0 Å². The molecule has 1 fully saturated rings. The van der Waals surface area contributed by atoms with Gasteiger partial charge >= 0.3 is 0 Å². The SMILES string of the molecule is COc1cc(NC(=O)CN2CCC[C@@H]2c2ccsc2)cc(OC)c1. The summed E-state index contributed by atoms with van der Waals surface area (Å²) in [6, 6.07) is 7.87. The summed E-state index contributed by atoms with van der Waals surface area (Å²) in [7, 11) is 3.19. The Balaban J connectivity index is 1.65. The molecule has 2 aromatic rings. The van der Waals surface area contributed by atoms with Crippen molar-refractivity contribution in [3.05, 3.63) is 40.6 Å². The van der Waals surface area contributed by atoms with E-state index in [-0.39, 0.29) is 5.91 Å².